The first-order chi connectivity index (χ1) is 9.70. The van der Waals surface area contributed by atoms with Crippen LogP contribution in [0.5, 0.6) is 5.75 Å². The van der Waals surface area contributed by atoms with Gasteiger partial charge in [-0.2, -0.15) is 0 Å². The van der Waals surface area contributed by atoms with Gasteiger partial charge in [0, 0.05) is 22.3 Å². The van der Waals surface area contributed by atoms with Gasteiger partial charge in [-0.05, 0) is 59.1 Å². The Kier molecular flexibility index (Phi) is 4.38. The van der Waals surface area contributed by atoms with Crippen LogP contribution in [0.1, 0.15) is 22.6 Å². The van der Waals surface area contributed by atoms with E-state index in [1.165, 1.54) is 28.7 Å². The van der Waals surface area contributed by atoms with Crippen LogP contribution in [0, 0.1) is 5.82 Å². The minimum atomic E-state index is -0.276. The largest absolute Gasteiger partial charge is 0.488 e. The van der Waals surface area contributed by atoms with Gasteiger partial charge in [0.2, 0.25) is 0 Å². The number of halogens is 2. The number of rotatable bonds is 6. The van der Waals surface area contributed by atoms with Crippen molar-refractivity contribution in [3.05, 3.63) is 50.4 Å². The molecule has 2 aromatic rings. The van der Waals surface area contributed by atoms with Gasteiger partial charge in [0.15, 0.2) is 0 Å². The summed E-state index contributed by atoms with van der Waals surface area (Å²) in [6.45, 7) is 1.46. The third kappa shape index (κ3) is 3.81. The molecule has 0 amide bonds. The minimum absolute atomic E-state index is 0.276. The second-order valence-electron chi connectivity index (χ2n) is 4.89. The van der Waals surface area contributed by atoms with Crippen molar-refractivity contribution in [3.8, 4) is 5.75 Å². The van der Waals surface area contributed by atoms with E-state index >= 15 is 0 Å². The second kappa shape index (κ2) is 6.24. The Morgan fingerprint density at radius 1 is 1.25 bits per heavy atom. The lowest BCUT2D eigenvalue weighted by atomic mass is 10.3. The zero-order valence-corrected chi connectivity index (χ0v) is 13.3. The van der Waals surface area contributed by atoms with Gasteiger partial charge in [-0.15, -0.1) is 11.3 Å². The second-order valence-corrected chi connectivity index (χ2v) is 7.00. The van der Waals surface area contributed by atoms with E-state index in [-0.39, 0.29) is 5.82 Å². The van der Waals surface area contributed by atoms with E-state index in [2.05, 4.69) is 33.4 Å². The summed E-state index contributed by atoms with van der Waals surface area (Å²) >= 11 is 4.91. The molecular weight excluding hydrogens is 341 g/mol. The topological polar surface area (TPSA) is 21.3 Å². The van der Waals surface area contributed by atoms with Crippen molar-refractivity contribution >= 4 is 27.3 Å². The summed E-state index contributed by atoms with van der Waals surface area (Å²) in [7, 11) is 0. The number of ether oxygens (including phenoxy) is 1. The molecule has 1 aliphatic rings. The van der Waals surface area contributed by atoms with Crippen molar-refractivity contribution in [2.75, 3.05) is 0 Å². The first-order valence-corrected chi connectivity index (χ1v) is 8.20. The maximum atomic E-state index is 13.1. The van der Waals surface area contributed by atoms with Crippen LogP contribution in [0.15, 0.2) is 34.8 Å². The van der Waals surface area contributed by atoms with Crippen molar-refractivity contribution in [1.82, 2.24) is 5.32 Å². The van der Waals surface area contributed by atoms with Gasteiger partial charge in [0.1, 0.15) is 18.2 Å². The van der Waals surface area contributed by atoms with E-state index in [0.29, 0.717) is 16.8 Å². The third-order valence-electron chi connectivity index (χ3n) is 3.13. The highest BCUT2D eigenvalue weighted by Crippen LogP contribution is 2.25. The van der Waals surface area contributed by atoms with Crippen LogP contribution in [0.2, 0.25) is 0 Å². The summed E-state index contributed by atoms with van der Waals surface area (Å²) in [5.41, 5.74) is 0. The summed E-state index contributed by atoms with van der Waals surface area (Å²) < 4.78 is 19.2. The Labute approximate surface area is 130 Å². The lowest BCUT2D eigenvalue weighted by molar-refractivity contribution is 0.309. The normalized spacial score (nSPS) is 14.5. The summed E-state index contributed by atoms with van der Waals surface area (Å²) in [5, 5.41) is 3.50. The quantitative estimate of drug-likeness (QED) is 0.824. The van der Waals surface area contributed by atoms with Crippen LogP contribution in [0.3, 0.4) is 0 Å². The smallest absolute Gasteiger partial charge is 0.137 e. The molecule has 1 heterocycles. The molecular formula is C15H15BrFNOS. The van der Waals surface area contributed by atoms with E-state index in [4.69, 9.17) is 4.74 Å². The monoisotopic (exact) mass is 355 g/mol. The van der Waals surface area contributed by atoms with Gasteiger partial charge < -0.3 is 10.1 Å². The fourth-order valence-corrected chi connectivity index (χ4v) is 3.09. The maximum absolute atomic E-state index is 13.1. The number of hydrogen-bond acceptors (Lipinski definition) is 3. The predicted octanol–water partition coefficient (Wildman–Crippen LogP) is 4.48. The predicted molar refractivity (Wildman–Crippen MR) is 82.6 cm³/mol. The summed E-state index contributed by atoms with van der Waals surface area (Å²) in [6, 6.07) is 9.65. The van der Waals surface area contributed by atoms with Crippen molar-refractivity contribution in [2.24, 2.45) is 0 Å². The van der Waals surface area contributed by atoms with E-state index < -0.39 is 0 Å². The van der Waals surface area contributed by atoms with Crippen LogP contribution < -0.4 is 10.1 Å². The molecule has 1 N–H and O–H groups in total. The van der Waals surface area contributed by atoms with Crippen LogP contribution in [-0.4, -0.2) is 6.04 Å². The molecule has 1 saturated carbocycles. The number of hydrogen-bond donors (Lipinski definition) is 1. The molecule has 3 rings (SSSR count). The molecule has 0 aliphatic heterocycles. The fraction of sp³-hybridized carbons (Fsp3) is 0.333. The third-order valence-corrected chi connectivity index (χ3v) is 4.80. The lowest BCUT2D eigenvalue weighted by Gasteiger charge is -2.05. The average molecular weight is 356 g/mol. The minimum Gasteiger partial charge on any atom is -0.488 e. The van der Waals surface area contributed by atoms with Gasteiger partial charge in [-0.3, -0.25) is 0 Å². The van der Waals surface area contributed by atoms with E-state index in [1.807, 2.05) is 0 Å². The number of nitrogens with one attached hydrogen (secondary N) is 1. The van der Waals surface area contributed by atoms with Crippen molar-refractivity contribution < 1.29 is 9.13 Å². The summed E-state index contributed by atoms with van der Waals surface area (Å²) in [5.74, 6) is 0.395. The average Bonchev–Trinajstić information content (AvgIpc) is 3.16. The molecule has 20 heavy (non-hydrogen) atoms. The Hall–Kier alpha value is -0.910. The van der Waals surface area contributed by atoms with Gasteiger partial charge >= 0.3 is 0 Å². The Morgan fingerprint density at radius 2 is 2.05 bits per heavy atom. The number of benzene rings is 1. The highest BCUT2D eigenvalue weighted by atomic mass is 79.9. The first kappa shape index (κ1) is 14.0. The lowest BCUT2D eigenvalue weighted by Crippen LogP contribution is -2.14. The van der Waals surface area contributed by atoms with Gasteiger partial charge in [0.05, 0.1) is 4.47 Å². The first-order valence-electron chi connectivity index (χ1n) is 6.59. The van der Waals surface area contributed by atoms with Gasteiger partial charge in [-0.1, -0.05) is 0 Å². The zero-order valence-electron chi connectivity index (χ0n) is 10.9. The maximum Gasteiger partial charge on any atom is 0.137 e. The van der Waals surface area contributed by atoms with Crippen molar-refractivity contribution in [1.29, 1.82) is 0 Å². The van der Waals surface area contributed by atoms with Crippen LogP contribution >= 0.6 is 27.3 Å². The van der Waals surface area contributed by atoms with Crippen molar-refractivity contribution in [2.45, 2.75) is 32.0 Å². The van der Waals surface area contributed by atoms with Gasteiger partial charge in [0.25, 0.3) is 0 Å². The molecule has 1 aliphatic carbocycles. The molecule has 0 bridgehead atoms. The molecule has 0 saturated heterocycles. The molecule has 2 nitrogen and oxygen atoms in total. The van der Waals surface area contributed by atoms with Crippen LogP contribution in [-0.2, 0) is 13.2 Å². The molecule has 0 spiro atoms. The Morgan fingerprint density at radius 3 is 2.80 bits per heavy atom. The van der Waals surface area contributed by atoms with Crippen LogP contribution in [0.4, 0.5) is 4.39 Å². The molecule has 0 unspecified atom stereocenters. The van der Waals surface area contributed by atoms with Crippen LogP contribution in [0.25, 0.3) is 0 Å². The van der Waals surface area contributed by atoms with E-state index in [1.54, 1.807) is 23.5 Å². The zero-order chi connectivity index (χ0) is 13.9. The van der Waals surface area contributed by atoms with Crippen molar-refractivity contribution in [3.63, 3.8) is 0 Å². The molecule has 0 radical (unpaired) electrons. The molecule has 1 aromatic heterocycles. The molecule has 106 valence electrons. The standard InChI is InChI=1S/C15H15BrFNOS/c16-14-7-11(3-6-15(14)17)19-9-13-5-4-12(20-13)8-18-10-1-2-10/h3-7,10,18H,1-2,8-9H2. The van der Waals surface area contributed by atoms with E-state index in [0.717, 1.165) is 12.6 Å². The number of thiophene rings is 1. The summed E-state index contributed by atoms with van der Waals surface area (Å²) in [4.78, 5) is 2.51. The highest BCUT2D eigenvalue weighted by Gasteiger charge is 2.20. The fourth-order valence-electron chi connectivity index (χ4n) is 1.85. The molecule has 0 atom stereocenters. The SMILES string of the molecule is Fc1ccc(OCc2ccc(CNC3CC3)s2)cc1Br. The summed E-state index contributed by atoms with van der Waals surface area (Å²) in [6.07, 6.45) is 2.61. The molecule has 1 fully saturated rings. The Balaban J connectivity index is 1.53. The molecule has 5 heteroatoms. The van der Waals surface area contributed by atoms with Gasteiger partial charge in [-0.25, -0.2) is 4.39 Å². The highest BCUT2D eigenvalue weighted by molar-refractivity contribution is 9.10. The molecule has 1 aromatic carbocycles. The van der Waals surface area contributed by atoms with E-state index in [9.17, 15) is 4.39 Å². The Bertz CT molecular complexity index is 597.